The van der Waals surface area contributed by atoms with Crippen molar-refractivity contribution in [1.29, 1.82) is 0 Å². The van der Waals surface area contributed by atoms with E-state index < -0.39 is 10.4 Å². The smallest absolute Gasteiger partial charge is 0.411 e. The summed E-state index contributed by atoms with van der Waals surface area (Å²) in [6.07, 6.45) is 13.7. The van der Waals surface area contributed by atoms with E-state index in [2.05, 4.69) is 13.8 Å². The van der Waals surface area contributed by atoms with E-state index in [1.54, 1.807) is 0 Å². The molecule has 0 fully saturated rings. The topological polar surface area (TPSA) is 93.1 Å². The standard InChI is InChI=1S/C16H33O2.Na.H2O4S/c1-3-5-6-7-8-9-10-11-12-13-14-18-16-15-17-4-2;;1-5(2,3)4/h2-16H2,1H3;;(H2,1,2,3,4)/q-1;+1;. The molecule has 0 radical (unpaired) electrons. The fraction of sp³-hybridized carbons (Fsp3) is 0.938. The molecule has 0 aliphatic carbocycles. The maximum absolute atomic E-state index is 8.74. The maximum atomic E-state index is 8.74. The van der Waals surface area contributed by atoms with Crippen molar-refractivity contribution in [2.45, 2.75) is 71.1 Å². The van der Waals surface area contributed by atoms with Crippen LogP contribution in [0.5, 0.6) is 0 Å². The Morgan fingerprint density at radius 3 is 1.54 bits per heavy atom. The third-order valence-corrected chi connectivity index (χ3v) is 3.16. The molecule has 0 aliphatic rings. The van der Waals surface area contributed by atoms with Crippen LogP contribution in [0.2, 0.25) is 0 Å². The molecule has 0 aromatic carbocycles. The summed E-state index contributed by atoms with van der Waals surface area (Å²) in [6.45, 7) is 8.70. The van der Waals surface area contributed by atoms with Gasteiger partial charge < -0.3 is 16.4 Å². The van der Waals surface area contributed by atoms with Gasteiger partial charge in [0, 0.05) is 6.61 Å². The number of ether oxygens (including phenoxy) is 2. The van der Waals surface area contributed by atoms with Crippen molar-refractivity contribution in [3.05, 3.63) is 6.92 Å². The molecule has 0 amide bonds. The Bertz CT molecular complexity index is 288. The zero-order chi connectivity index (χ0) is 17.8. The molecule has 0 aromatic heterocycles. The molecule has 0 aliphatic heterocycles. The summed E-state index contributed by atoms with van der Waals surface area (Å²) in [7, 11) is -4.67. The van der Waals surface area contributed by atoms with Crippen LogP contribution in [0.25, 0.3) is 0 Å². The fourth-order valence-corrected chi connectivity index (χ4v) is 2.01. The average molecular weight is 379 g/mol. The van der Waals surface area contributed by atoms with Gasteiger partial charge in [-0.2, -0.15) is 8.42 Å². The van der Waals surface area contributed by atoms with Gasteiger partial charge in [0.05, 0.1) is 13.2 Å². The second-order valence-electron chi connectivity index (χ2n) is 5.35. The zero-order valence-corrected chi connectivity index (χ0v) is 18.4. The normalized spacial score (nSPS) is 10.7. The second-order valence-corrected chi connectivity index (χ2v) is 6.25. The van der Waals surface area contributed by atoms with Gasteiger partial charge in [0.1, 0.15) is 0 Å². The van der Waals surface area contributed by atoms with Crippen LogP contribution >= 0.6 is 0 Å². The average Bonchev–Trinajstić information content (AvgIpc) is 2.46. The largest absolute Gasteiger partial charge is 1.00 e. The van der Waals surface area contributed by atoms with Gasteiger partial charge in [-0.05, 0) is 6.42 Å². The van der Waals surface area contributed by atoms with Crippen molar-refractivity contribution >= 4 is 10.4 Å². The quantitative estimate of drug-likeness (QED) is 0.192. The Morgan fingerprint density at radius 1 is 0.750 bits per heavy atom. The van der Waals surface area contributed by atoms with Crippen LogP contribution in [0.4, 0.5) is 0 Å². The first kappa shape index (κ1) is 29.5. The monoisotopic (exact) mass is 378 g/mol. The summed E-state index contributed by atoms with van der Waals surface area (Å²) in [6, 6.07) is 0. The predicted octanol–water partition coefficient (Wildman–Crippen LogP) is 1.13. The third kappa shape index (κ3) is 43.4. The third-order valence-electron chi connectivity index (χ3n) is 3.16. The summed E-state index contributed by atoms with van der Waals surface area (Å²) < 4.78 is 42.1. The molecular weight excluding hydrogens is 343 g/mol. The van der Waals surface area contributed by atoms with Crippen molar-refractivity contribution in [1.82, 2.24) is 0 Å². The van der Waals surface area contributed by atoms with Crippen molar-refractivity contribution in [2.24, 2.45) is 0 Å². The van der Waals surface area contributed by atoms with Gasteiger partial charge in [0.2, 0.25) is 0 Å². The van der Waals surface area contributed by atoms with Crippen molar-refractivity contribution in [2.75, 3.05) is 26.4 Å². The van der Waals surface area contributed by atoms with E-state index in [0.717, 1.165) is 6.61 Å². The van der Waals surface area contributed by atoms with Gasteiger partial charge in [0.25, 0.3) is 0 Å². The molecule has 6 nitrogen and oxygen atoms in total. The van der Waals surface area contributed by atoms with Crippen molar-refractivity contribution < 1.29 is 56.6 Å². The van der Waals surface area contributed by atoms with E-state index >= 15 is 0 Å². The summed E-state index contributed by atoms with van der Waals surface area (Å²) in [5.41, 5.74) is 0. The van der Waals surface area contributed by atoms with Gasteiger partial charge in [-0.1, -0.05) is 71.3 Å². The molecule has 0 saturated carbocycles. The van der Waals surface area contributed by atoms with Crippen LogP contribution in [0.15, 0.2) is 0 Å². The Hall–Kier alpha value is 0.790. The van der Waals surface area contributed by atoms with E-state index in [1.165, 1.54) is 64.2 Å². The Kier molecular flexibility index (Phi) is 29.3. The van der Waals surface area contributed by atoms with E-state index in [9.17, 15) is 0 Å². The van der Waals surface area contributed by atoms with Gasteiger partial charge in [-0.15, -0.1) is 0 Å². The van der Waals surface area contributed by atoms with E-state index in [4.69, 9.17) is 27.0 Å². The van der Waals surface area contributed by atoms with E-state index in [1.807, 2.05) is 0 Å². The molecule has 0 bridgehead atoms. The molecule has 142 valence electrons. The molecular formula is C16H35NaO6S. The first-order chi connectivity index (χ1) is 10.9. The number of unbranched alkanes of at least 4 members (excludes halogenated alkanes) is 9. The minimum atomic E-state index is -4.67. The molecule has 2 N–H and O–H groups in total. The first-order valence-electron chi connectivity index (χ1n) is 8.56. The number of rotatable bonds is 15. The predicted molar refractivity (Wildman–Crippen MR) is 93.0 cm³/mol. The molecule has 0 spiro atoms. The first-order valence-corrected chi connectivity index (χ1v) is 9.96. The summed E-state index contributed by atoms with van der Waals surface area (Å²) in [5.74, 6) is 0. The van der Waals surface area contributed by atoms with E-state index in [0.29, 0.717) is 19.8 Å². The minimum absolute atomic E-state index is 0. The van der Waals surface area contributed by atoms with Gasteiger partial charge in [-0.3, -0.25) is 9.11 Å². The Labute approximate surface area is 170 Å². The van der Waals surface area contributed by atoms with Crippen LogP contribution in [0.1, 0.15) is 71.1 Å². The van der Waals surface area contributed by atoms with E-state index in [-0.39, 0.29) is 29.6 Å². The summed E-state index contributed by atoms with van der Waals surface area (Å²) in [5, 5.41) is 0. The SMILES string of the molecule is O=S(=O)(O)O.[CH2-]COCCOCCCCCCCCCCCC.[Na+]. The summed E-state index contributed by atoms with van der Waals surface area (Å²) in [4.78, 5) is 0. The molecule has 0 saturated heterocycles. The molecule has 24 heavy (non-hydrogen) atoms. The fourth-order valence-electron chi connectivity index (χ4n) is 2.01. The van der Waals surface area contributed by atoms with Gasteiger partial charge >= 0.3 is 40.0 Å². The van der Waals surface area contributed by atoms with Crippen LogP contribution in [-0.2, 0) is 19.9 Å². The molecule has 0 aromatic rings. The second kappa shape index (κ2) is 23.8. The van der Waals surface area contributed by atoms with Crippen LogP contribution in [0, 0.1) is 6.92 Å². The van der Waals surface area contributed by atoms with Crippen LogP contribution < -0.4 is 29.6 Å². The van der Waals surface area contributed by atoms with Gasteiger partial charge in [0.15, 0.2) is 0 Å². The Balaban J connectivity index is -0.000000639. The molecule has 0 atom stereocenters. The molecule has 8 heteroatoms. The number of hydrogen-bond donors (Lipinski definition) is 2. The molecule has 0 rings (SSSR count). The van der Waals surface area contributed by atoms with Crippen LogP contribution in [0.3, 0.4) is 0 Å². The molecule has 0 heterocycles. The van der Waals surface area contributed by atoms with Gasteiger partial charge in [-0.25, -0.2) is 0 Å². The maximum Gasteiger partial charge on any atom is 1.00 e. The van der Waals surface area contributed by atoms with Crippen LogP contribution in [-0.4, -0.2) is 44.0 Å². The van der Waals surface area contributed by atoms with Crippen molar-refractivity contribution in [3.8, 4) is 0 Å². The van der Waals surface area contributed by atoms with Crippen molar-refractivity contribution in [3.63, 3.8) is 0 Å². The minimum Gasteiger partial charge on any atom is -0.411 e. The summed E-state index contributed by atoms with van der Waals surface area (Å²) >= 11 is 0. The molecule has 0 unspecified atom stereocenters. The number of hydrogen-bond acceptors (Lipinski definition) is 4. The Morgan fingerprint density at radius 2 is 1.12 bits per heavy atom. The zero-order valence-electron chi connectivity index (χ0n) is 15.5.